The van der Waals surface area contributed by atoms with E-state index in [-0.39, 0.29) is 6.79 Å². The first-order valence-corrected chi connectivity index (χ1v) is 9.86. The lowest BCUT2D eigenvalue weighted by Crippen LogP contribution is -2.07. The van der Waals surface area contributed by atoms with Crippen molar-refractivity contribution in [2.75, 3.05) is 18.7 Å². The minimum atomic E-state index is -0.396. The van der Waals surface area contributed by atoms with Gasteiger partial charge in [-0.3, -0.25) is 0 Å². The number of ether oxygens (including phenoxy) is 3. The lowest BCUT2D eigenvalue weighted by atomic mass is 10.2. The molecule has 0 saturated carbocycles. The Morgan fingerprint density at radius 1 is 1.20 bits per heavy atom. The van der Waals surface area contributed by atoms with Crippen LogP contribution < -0.4 is 14.8 Å². The van der Waals surface area contributed by atoms with Gasteiger partial charge in [-0.1, -0.05) is 17.7 Å². The number of fused-ring (bicyclic) bond motifs is 2. The fourth-order valence-corrected chi connectivity index (χ4v) is 3.22. The third-order valence-electron chi connectivity index (χ3n) is 4.52. The predicted molar refractivity (Wildman–Crippen MR) is 115 cm³/mol. The Hall–Kier alpha value is -3.32. The van der Waals surface area contributed by atoms with Crippen LogP contribution in [-0.2, 0) is 16.1 Å². The largest absolute Gasteiger partial charge is 0.463 e. The Morgan fingerprint density at radius 2 is 2.03 bits per heavy atom. The molecule has 0 unspecified atom stereocenters. The van der Waals surface area contributed by atoms with Crippen molar-refractivity contribution in [1.29, 1.82) is 0 Å². The maximum absolute atomic E-state index is 11.9. The van der Waals surface area contributed by atoms with E-state index < -0.39 is 5.97 Å². The van der Waals surface area contributed by atoms with Gasteiger partial charge >= 0.3 is 5.97 Å². The van der Waals surface area contributed by atoms with Crippen LogP contribution in [-0.4, -0.2) is 29.3 Å². The Balaban J connectivity index is 1.65. The van der Waals surface area contributed by atoms with Crippen LogP contribution in [0.25, 0.3) is 17.0 Å². The highest BCUT2D eigenvalue weighted by molar-refractivity contribution is 6.31. The van der Waals surface area contributed by atoms with E-state index in [9.17, 15) is 4.79 Å². The molecule has 0 aliphatic carbocycles. The second kappa shape index (κ2) is 8.59. The van der Waals surface area contributed by atoms with Crippen LogP contribution in [0.3, 0.4) is 0 Å². The second-order valence-corrected chi connectivity index (χ2v) is 7.12. The summed E-state index contributed by atoms with van der Waals surface area (Å²) in [6.45, 7) is 4.49. The molecule has 154 valence electrons. The summed E-state index contributed by atoms with van der Waals surface area (Å²) in [6, 6.07) is 11.2. The summed E-state index contributed by atoms with van der Waals surface area (Å²) in [4.78, 5) is 21.1. The molecule has 1 aliphatic heterocycles. The predicted octanol–water partition coefficient (Wildman–Crippen LogP) is 4.59. The zero-order valence-corrected chi connectivity index (χ0v) is 17.3. The zero-order valence-electron chi connectivity index (χ0n) is 16.6. The highest BCUT2D eigenvalue weighted by atomic mass is 35.5. The number of carbonyl (C=O) groups is 1. The minimum Gasteiger partial charge on any atom is -0.463 e. The number of esters is 1. The molecule has 0 saturated heterocycles. The van der Waals surface area contributed by atoms with Crippen LogP contribution in [0.1, 0.15) is 25.2 Å². The SMILES string of the molecule is CCOC(=O)/C(C)=C/c1nc(NCc2ccc3c(c2)OCO3)c2cc(Cl)ccc2n1. The monoisotopic (exact) mass is 425 g/mol. The number of carbonyl (C=O) groups excluding carboxylic acids is 1. The fourth-order valence-electron chi connectivity index (χ4n) is 3.05. The lowest BCUT2D eigenvalue weighted by molar-refractivity contribution is -0.138. The quantitative estimate of drug-likeness (QED) is 0.456. The molecule has 7 nitrogen and oxygen atoms in total. The maximum atomic E-state index is 11.9. The average Bonchev–Trinajstić information content (AvgIpc) is 3.20. The van der Waals surface area contributed by atoms with Crippen molar-refractivity contribution in [2.24, 2.45) is 0 Å². The molecule has 4 rings (SSSR count). The molecule has 1 aliphatic rings. The van der Waals surface area contributed by atoms with Crippen molar-refractivity contribution < 1.29 is 19.0 Å². The van der Waals surface area contributed by atoms with Gasteiger partial charge in [-0.05, 0) is 55.8 Å². The molecule has 0 radical (unpaired) electrons. The summed E-state index contributed by atoms with van der Waals surface area (Å²) in [5.74, 6) is 2.08. The third-order valence-corrected chi connectivity index (χ3v) is 4.75. The van der Waals surface area contributed by atoms with E-state index in [0.717, 1.165) is 22.4 Å². The Kier molecular flexibility index (Phi) is 5.72. The van der Waals surface area contributed by atoms with Gasteiger partial charge in [-0.2, -0.15) is 0 Å². The van der Waals surface area contributed by atoms with Crippen molar-refractivity contribution in [3.8, 4) is 11.5 Å². The molecule has 1 aromatic heterocycles. The number of hydrogen-bond acceptors (Lipinski definition) is 7. The molecular weight excluding hydrogens is 406 g/mol. The van der Waals surface area contributed by atoms with Crippen molar-refractivity contribution in [3.05, 3.63) is 58.4 Å². The maximum Gasteiger partial charge on any atom is 0.333 e. The lowest BCUT2D eigenvalue weighted by Gasteiger charge is -2.11. The molecule has 2 heterocycles. The van der Waals surface area contributed by atoms with E-state index in [1.165, 1.54) is 0 Å². The van der Waals surface area contributed by atoms with Crippen LogP contribution in [0.4, 0.5) is 5.82 Å². The molecule has 0 amide bonds. The summed E-state index contributed by atoms with van der Waals surface area (Å²) < 4.78 is 15.8. The molecule has 3 aromatic rings. The first kappa shape index (κ1) is 20.0. The molecule has 0 spiro atoms. The molecule has 8 heteroatoms. The standard InChI is InChI=1S/C22H20ClN3O4/c1-3-28-22(27)13(2)8-20-25-17-6-5-15(23)10-16(17)21(26-20)24-11-14-4-7-18-19(9-14)30-12-29-18/h4-10H,3,11-12H2,1-2H3,(H,24,25,26)/b13-8+. The topological polar surface area (TPSA) is 82.6 Å². The van der Waals surface area contributed by atoms with E-state index in [0.29, 0.717) is 40.9 Å². The fraction of sp³-hybridized carbons (Fsp3) is 0.227. The van der Waals surface area contributed by atoms with Gasteiger partial charge in [-0.25, -0.2) is 14.8 Å². The second-order valence-electron chi connectivity index (χ2n) is 6.68. The first-order valence-electron chi connectivity index (χ1n) is 9.48. The van der Waals surface area contributed by atoms with E-state index >= 15 is 0 Å². The van der Waals surface area contributed by atoms with Gasteiger partial charge in [0.1, 0.15) is 5.82 Å². The number of anilines is 1. The highest BCUT2D eigenvalue weighted by Gasteiger charge is 2.14. The average molecular weight is 426 g/mol. The minimum absolute atomic E-state index is 0.233. The molecule has 0 atom stereocenters. The molecule has 30 heavy (non-hydrogen) atoms. The first-order chi connectivity index (χ1) is 14.5. The van der Waals surface area contributed by atoms with Crippen molar-refractivity contribution in [2.45, 2.75) is 20.4 Å². The number of nitrogens with one attached hydrogen (secondary N) is 1. The van der Waals surface area contributed by atoms with Crippen LogP contribution >= 0.6 is 11.6 Å². The van der Waals surface area contributed by atoms with Gasteiger partial charge in [0.2, 0.25) is 6.79 Å². The Labute approximate surface area is 178 Å². The number of halogens is 1. The number of rotatable bonds is 6. The summed E-state index contributed by atoms with van der Waals surface area (Å²) in [6.07, 6.45) is 1.61. The molecular formula is C22H20ClN3O4. The summed E-state index contributed by atoms with van der Waals surface area (Å²) in [7, 11) is 0. The third kappa shape index (κ3) is 4.31. The van der Waals surface area contributed by atoms with Crippen molar-refractivity contribution in [1.82, 2.24) is 9.97 Å². The van der Waals surface area contributed by atoms with Crippen LogP contribution in [0, 0.1) is 0 Å². The van der Waals surface area contributed by atoms with Gasteiger partial charge in [0.05, 0.1) is 12.1 Å². The van der Waals surface area contributed by atoms with Gasteiger partial charge < -0.3 is 19.5 Å². The van der Waals surface area contributed by atoms with Crippen molar-refractivity contribution in [3.63, 3.8) is 0 Å². The van der Waals surface area contributed by atoms with Gasteiger partial charge in [0.15, 0.2) is 17.3 Å². The Morgan fingerprint density at radius 3 is 2.87 bits per heavy atom. The molecule has 1 N–H and O–H groups in total. The summed E-state index contributed by atoms with van der Waals surface area (Å²) in [5, 5.41) is 4.71. The van der Waals surface area contributed by atoms with Crippen molar-refractivity contribution >= 4 is 40.4 Å². The van der Waals surface area contributed by atoms with Gasteiger partial charge in [0, 0.05) is 22.5 Å². The number of nitrogens with zero attached hydrogens (tertiary/aromatic N) is 2. The molecule has 0 fully saturated rings. The number of aromatic nitrogens is 2. The number of benzene rings is 2. The molecule has 0 bridgehead atoms. The van der Waals surface area contributed by atoms with Gasteiger partial charge in [-0.15, -0.1) is 0 Å². The summed E-state index contributed by atoms with van der Waals surface area (Å²) >= 11 is 6.19. The van der Waals surface area contributed by atoms with Crippen LogP contribution in [0.2, 0.25) is 5.02 Å². The smallest absolute Gasteiger partial charge is 0.333 e. The highest BCUT2D eigenvalue weighted by Crippen LogP contribution is 2.33. The zero-order chi connectivity index (χ0) is 21.1. The van der Waals surface area contributed by atoms with E-state index in [1.807, 2.05) is 30.3 Å². The van der Waals surface area contributed by atoms with E-state index in [1.54, 1.807) is 26.0 Å². The van der Waals surface area contributed by atoms with Crippen LogP contribution in [0.5, 0.6) is 11.5 Å². The normalized spacial score (nSPS) is 12.8. The Bertz CT molecular complexity index is 1150. The molecule has 2 aromatic carbocycles. The van der Waals surface area contributed by atoms with E-state index in [2.05, 4.69) is 15.3 Å². The summed E-state index contributed by atoms with van der Waals surface area (Å²) in [5.41, 5.74) is 2.14. The number of hydrogen-bond donors (Lipinski definition) is 1. The van der Waals surface area contributed by atoms with Gasteiger partial charge in [0.25, 0.3) is 0 Å². The van der Waals surface area contributed by atoms with E-state index in [4.69, 9.17) is 25.8 Å². The van der Waals surface area contributed by atoms with Crippen LogP contribution in [0.15, 0.2) is 42.0 Å².